The van der Waals surface area contributed by atoms with E-state index < -0.39 is 0 Å². The first kappa shape index (κ1) is 11.7. The monoisotopic (exact) mass is 225 g/mol. The van der Waals surface area contributed by atoms with Gasteiger partial charge in [0, 0.05) is 19.8 Å². The maximum atomic E-state index is 2.25. The smallest absolute Gasteiger partial charge is 0.0361 e. The quantitative estimate of drug-likeness (QED) is 0.770. The Morgan fingerprint density at radius 2 is 1.59 bits per heavy atom. The molecule has 0 spiro atoms. The summed E-state index contributed by atoms with van der Waals surface area (Å²) in [6.45, 7) is 2.14. The van der Waals surface area contributed by atoms with Gasteiger partial charge in [-0.3, -0.25) is 0 Å². The van der Waals surface area contributed by atoms with Crippen molar-refractivity contribution in [1.82, 2.24) is 0 Å². The second-order valence-electron chi connectivity index (χ2n) is 4.73. The predicted molar refractivity (Wildman–Crippen MR) is 74.8 cm³/mol. The summed E-state index contributed by atoms with van der Waals surface area (Å²) in [5, 5.41) is 0. The van der Waals surface area contributed by atoms with Crippen molar-refractivity contribution in [3.8, 4) is 0 Å². The summed E-state index contributed by atoms with van der Waals surface area (Å²) in [7, 11) is 4.13. The van der Waals surface area contributed by atoms with E-state index in [0.29, 0.717) is 0 Å². The molecule has 0 saturated heterocycles. The van der Waals surface area contributed by atoms with Gasteiger partial charge in [-0.15, -0.1) is 0 Å². The highest BCUT2D eigenvalue weighted by atomic mass is 15.1. The molecule has 0 aliphatic carbocycles. The van der Waals surface area contributed by atoms with E-state index in [1.54, 1.807) is 0 Å². The molecule has 2 aromatic carbocycles. The minimum atomic E-state index is 1.01. The lowest BCUT2D eigenvalue weighted by Crippen LogP contribution is -2.08. The topological polar surface area (TPSA) is 3.24 Å². The highest BCUT2D eigenvalue weighted by Crippen LogP contribution is 2.15. The van der Waals surface area contributed by atoms with Crippen LogP contribution in [0.2, 0.25) is 0 Å². The van der Waals surface area contributed by atoms with E-state index >= 15 is 0 Å². The van der Waals surface area contributed by atoms with Gasteiger partial charge in [0.1, 0.15) is 0 Å². The van der Waals surface area contributed by atoms with Crippen molar-refractivity contribution >= 4 is 5.69 Å². The molecule has 2 aromatic rings. The summed E-state index contributed by atoms with van der Waals surface area (Å²) in [6, 6.07) is 17.5. The van der Waals surface area contributed by atoms with Crippen molar-refractivity contribution in [2.45, 2.75) is 13.3 Å². The first-order chi connectivity index (χ1) is 8.15. The summed E-state index contributed by atoms with van der Waals surface area (Å²) >= 11 is 0. The molecule has 1 nitrogen and oxygen atoms in total. The van der Waals surface area contributed by atoms with Crippen molar-refractivity contribution in [2.75, 3.05) is 19.0 Å². The van der Waals surface area contributed by atoms with Crippen LogP contribution in [0.4, 0.5) is 5.69 Å². The molecule has 0 bridgehead atoms. The molecule has 17 heavy (non-hydrogen) atoms. The molecule has 0 aliphatic rings. The molecule has 0 saturated carbocycles. The van der Waals surface area contributed by atoms with Crippen molar-refractivity contribution in [1.29, 1.82) is 0 Å². The molecule has 0 atom stereocenters. The van der Waals surface area contributed by atoms with Gasteiger partial charge in [-0.05, 0) is 36.6 Å². The Morgan fingerprint density at radius 1 is 0.882 bits per heavy atom. The molecule has 0 fully saturated rings. The fourth-order valence-corrected chi connectivity index (χ4v) is 1.97. The number of hydrogen-bond acceptors (Lipinski definition) is 1. The molecule has 0 amide bonds. The fourth-order valence-electron chi connectivity index (χ4n) is 1.97. The average Bonchev–Trinajstić information content (AvgIpc) is 2.29. The maximum Gasteiger partial charge on any atom is 0.0361 e. The van der Waals surface area contributed by atoms with Crippen LogP contribution in [0.3, 0.4) is 0 Å². The normalized spacial score (nSPS) is 10.3. The Morgan fingerprint density at radius 3 is 2.18 bits per heavy atom. The van der Waals surface area contributed by atoms with E-state index in [9.17, 15) is 0 Å². The summed E-state index contributed by atoms with van der Waals surface area (Å²) in [6.07, 6.45) is 1.01. The summed E-state index contributed by atoms with van der Waals surface area (Å²) in [4.78, 5) is 2.12. The lowest BCUT2D eigenvalue weighted by Gasteiger charge is -2.12. The standard InChI is InChI=1S/C16H19N/c1-13-5-4-6-15(11-13)12-14-7-9-16(10-8-14)17(2)3/h4-11H,12H2,1-3H3. The van der Waals surface area contributed by atoms with Gasteiger partial charge in [-0.25, -0.2) is 0 Å². The average molecular weight is 225 g/mol. The van der Waals surface area contributed by atoms with Crippen molar-refractivity contribution in [3.63, 3.8) is 0 Å². The molecular formula is C16H19N. The molecule has 2 rings (SSSR count). The van der Waals surface area contributed by atoms with Gasteiger partial charge in [-0.1, -0.05) is 42.0 Å². The minimum Gasteiger partial charge on any atom is -0.378 e. The molecule has 0 radical (unpaired) electrons. The van der Waals surface area contributed by atoms with E-state index in [0.717, 1.165) is 6.42 Å². The lowest BCUT2D eigenvalue weighted by molar-refractivity contribution is 1.12. The van der Waals surface area contributed by atoms with Crippen LogP contribution in [0.1, 0.15) is 16.7 Å². The van der Waals surface area contributed by atoms with Crippen LogP contribution < -0.4 is 4.90 Å². The van der Waals surface area contributed by atoms with Crippen LogP contribution in [0.5, 0.6) is 0 Å². The number of nitrogens with zero attached hydrogens (tertiary/aromatic N) is 1. The second-order valence-corrected chi connectivity index (χ2v) is 4.73. The van der Waals surface area contributed by atoms with Gasteiger partial charge in [0.15, 0.2) is 0 Å². The van der Waals surface area contributed by atoms with Crippen LogP contribution in [-0.4, -0.2) is 14.1 Å². The van der Waals surface area contributed by atoms with Crippen LogP contribution >= 0.6 is 0 Å². The van der Waals surface area contributed by atoms with Crippen molar-refractivity contribution in [3.05, 3.63) is 65.2 Å². The third kappa shape index (κ3) is 3.10. The van der Waals surface area contributed by atoms with E-state index in [2.05, 4.69) is 74.4 Å². The zero-order chi connectivity index (χ0) is 12.3. The molecule has 0 heterocycles. The molecule has 1 heteroatoms. The lowest BCUT2D eigenvalue weighted by atomic mass is 10.0. The highest BCUT2D eigenvalue weighted by molar-refractivity contribution is 5.46. The second kappa shape index (κ2) is 5.05. The largest absolute Gasteiger partial charge is 0.378 e. The molecule has 88 valence electrons. The Balaban J connectivity index is 2.14. The Hall–Kier alpha value is -1.76. The van der Waals surface area contributed by atoms with E-state index in [4.69, 9.17) is 0 Å². The van der Waals surface area contributed by atoms with Crippen LogP contribution in [-0.2, 0) is 6.42 Å². The van der Waals surface area contributed by atoms with Crippen LogP contribution in [0.25, 0.3) is 0 Å². The predicted octanol–water partition coefficient (Wildman–Crippen LogP) is 3.65. The molecule has 0 aliphatic heterocycles. The Bertz CT molecular complexity index is 483. The third-order valence-electron chi connectivity index (χ3n) is 2.94. The zero-order valence-electron chi connectivity index (χ0n) is 10.8. The summed E-state index contributed by atoms with van der Waals surface area (Å²) < 4.78 is 0. The van der Waals surface area contributed by atoms with E-state index in [1.165, 1.54) is 22.4 Å². The van der Waals surface area contributed by atoms with E-state index in [1.807, 2.05) is 0 Å². The fraction of sp³-hybridized carbons (Fsp3) is 0.250. The maximum absolute atomic E-state index is 2.25. The van der Waals surface area contributed by atoms with E-state index in [-0.39, 0.29) is 0 Å². The van der Waals surface area contributed by atoms with Gasteiger partial charge < -0.3 is 4.90 Å². The molecular weight excluding hydrogens is 206 g/mol. The van der Waals surface area contributed by atoms with Gasteiger partial charge in [0.2, 0.25) is 0 Å². The minimum absolute atomic E-state index is 1.01. The van der Waals surface area contributed by atoms with Crippen molar-refractivity contribution < 1.29 is 0 Å². The molecule has 0 aromatic heterocycles. The zero-order valence-corrected chi connectivity index (χ0v) is 10.8. The number of rotatable bonds is 3. The van der Waals surface area contributed by atoms with Gasteiger partial charge >= 0.3 is 0 Å². The third-order valence-corrected chi connectivity index (χ3v) is 2.94. The van der Waals surface area contributed by atoms with Crippen LogP contribution in [0, 0.1) is 6.92 Å². The first-order valence-corrected chi connectivity index (χ1v) is 5.97. The van der Waals surface area contributed by atoms with Gasteiger partial charge in [0.05, 0.1) is 0 Å². The van der Waals surface area contributed by atoms with Gasteiger partial charge in [0.25, 0.3) is 0 Å². The molecule has 0 N–H and O–H groups in total. The Kier molecular flexibility index (Phi) is 3.48. The van der Waals surface area contributed by atoms with Crippen LogP contribution in [0.15, 0.2) is 48.5 Å². The van der Waals surface area contributed by atoms with Crippen molar-refractivity contribution in [2.24, 2.45) is 0 Å². The highest BCUT2D eigenvalue weighted by Gasteiger charge is 1.98. The SMILES string of the molecule is Cc1cccc(Cc2ccc(N(C)C)cc2)c1. The number of hydrogen-bond donors (Lipinski definition) is 0. The molecule has 0 unspecified atom stereocenters. The Labute approximate surface area is 104 Å². The van der Waals surface area contributed by atoms with Gasteiger partial charge in [-0.2, -0.15) is 0 Å². The first-order valence-electron chi connectivity index (χ1n) is 5.97. The number of anilines is 1. The number of aryl methyl sites for hydroxylation is 1. The summed E-state index contributed by atoms with van der Waals surface area (Å²) in [5.74, 6) is 0. The summed E-state index contributed by atoms with van der Waals surface area (Å²) in [5.41, 5.74) is 5.31. The number of benzene rings is 2.